The molecule has 0 aliphatic heterocycles. The molecule has 1 aliphatic rings. The first-order valence-electron chi connectivity index (χ1n) is 21.3. The zero-order valence-electron chi connectivity index (χ0n) is 33.9. The topological polar surface area (TPSA) is 51.8 Å². The summed E-state index contributed by atoms with van der Waals surface area (Å²) < 4.78 is 8.84. The van der Waals surface area contributed by atoms with Crippen molar-refractivity contribution in [2.45, 2.75) is 5.41 Å². The fourth-order valence-corrected chi connectivity index (χ4v) is 11.3. The van der Waals surface area contributed by atoms with E-state index < -0.39 is 5.41 Å². The molecule has 3 heterocycles. The molecule has 63 heavy (non-hydrogen) atoms. The number of para-hydroxylation sites is 2. The third-order valence-electron chi connectivity index (χ3n) is 12.9. The van der Waals surface area contributed by atoms with Gasteiger partial charge in [-0.1, -0.05) is 194 Å². The molecule has 0 N–H and O–H groups in total. The van der Waals surface area contributed by atoms with Crippen LogP contribution in [0.15, 0.2) is 217 Å². The monoisotopic (exact) mass is 821 g/mol. The molecule has 5 heteroatoms. The Morgan fingerprint density at radius 3 is 1.70 bits per heavy atom. The van der Waals surface area contributed by atoms with Gasteiger partial charge in [0.1, 0.15) is 11.2 Å². The maximum Gasteiger partial charge on any atom is 0.165 e. The molecule has 0 amide bonds. The lowest BCUT2D eigenvalue weighted by Crippen LogP contribution is -2.28. The van der Waals surface area contributed by atoms with Gasteiger partial charge in [-0.3, -0.25) is 0 Å². The molecule has 3 aromatic heterocycles. The molecule has 0 spiro atoms. The lowest BCUT2D eigenvalue weighted by Gasteiger charge is -2.33. The highest BCUT2D eigenvalue weighted by atomic mass is 32.1. The van der Waals surface area contributed by atoms with Crippen LogP contribution in [0.2, 0.25) is 0 Å². The number of fused-ring (bicyclic) bond motifs is 9. The van der Waals surface area contributed by atoms with Gasteiger partial charge in [0, 0.05) is 53.2 Å². The molecule has 0 radical (unpaired) electrons. The van der Waals surface area contributed by atoms with Crippen LogP contribution in [0.3, 0.4) is 0 Å². The van der Waals surface area contributed by atoms with Gasteiger partial charge in [-0.2, -0.15) is 0 Å². The summed E-state index contributed by atoms with van der Waals surface area (Å²) in [5.41, 5.74) is 13.4. The van der Waals surface area contributed by atoms with Crippen LogP contribution >= 0.6 is 11.3 Å². The molecule has 0 bridgehead atoms. The summed E-state index contributed by atoms with van der Waals surface area (Å²) in [6.45, 7) is 0. The fourth-order valence-electron chi connectivity index (χ4n) is 10.1. The second-order valence-electron chi connectivity index (χ2n) is 16.2. The molecule has 0 saturated carbocycles. The highest BCUT2D eigenvalue weighted by molar-refractivity contribution is 7.26. The molecule has 0 unspecified atom stereocenters. The first kappa shape index (κ1) is 35.7. The van der Waals surface area contributed by atoms with Gasteiger partial charge in [0.05, 0.1) is 5.41 Å². The Labute approximate surface area is 367 Å². The first-order valence-corrected chi connectivity index (χ1v) is 22.1. The minimum absolute atomic E-state index is 0.551. The molecule has 9 aromatic carbocycles. The van der Waals surface area contributed by atoms with Crippen molar-refractivity contribution in [1.82, 2.24) is 15.0 Å². The average Bonchev–Trinajstić information content (AvgIpc) is 4.03. The van der Waals surface area contributed by atoms with Crippen molar-refractivity contribution in [3.8, 4) is 56.4 Å². The van der Waals surface area contributed by atoms with Crippen LogP contribution in [0.5, 0.6) is 0 Å². The van der Waals surface area contributed by atoms with Crippen molar-refractivity contribution in [2.75, 3.05) is 0 Å². The number of nitrogens with zero attached hydrogens (tertiary/aromatic N) is 3. The average molecular weight is 822 g/mol. The standard InChI is InChI=1S/C58H35N3OS/c1-3-16-38(17-4-1)58(39-18-5-2-6-19-39)48-28-10-7-22-45(48)52-46(26-15-29-49(52)58)56-59-55(60-57(61-56)47-27-14-25-44-42-21-9-12-31-51(42)63-54(44)47)37-34-32-36(33-35-37)40-23-13-24-43-41-20-8-11-30-50(41)62-53(40)43/h1-35H. The maximum atomic E-state index is 6.44. The number of aromatic nitrogens is 3. The van der Waals surface area contributed by atoms with E-state index >= 15 is 0 Å². The lowest BCUT2D eigenvalue weighted by molar-refractivity contribution is 0.670. The minimum atomic E-state index is -0.551. The van der Waals surface area contributed by atoms with E-state index in [1.807, 2.05) is 12.1 Å². The normalized spacial score (nSPS) is 12.9. The molecule has 4 nitrogen and oxygen atoms in total. The maximum absolute atomic E-state index is 6.44. The summed E-state index contributed by atoms with van der Waals surface area (Å²) in [5.74, 6) is 1.89. The largest absolute Gasteiger partial charge is 0.455 e. The number of rotatable bonds is 6. The third kappa shape index (κ3) is 5.37. The molecule has 0 saturated heterocycles. The van der Waals surface area contributed by atoms with Gasteiger partial charge in [-0.25, -0.2) is 15.0 Å². The van der Waals surface area contributed by atoms with Gasteiger partial charge in [0.25, 0.3) is 0 Å². The van der Waals surface area contributed by atoms with Gasteiger partial charge >= 0.3 is 0 Å². The number of furan rings is 1. The molecular formula is C58H35N3OS. The Morgan fingerprint density at radius 2 is 0.905 bits per heavy atom. The van der Waals surface area contributed by atoms with Gasteiger partial charge in [-0.15, -0.1) is 11.3 Å². The summed E-state index contributed by atoms with van der Waals surface area (Å²) in [6, 6.07) is 75.5. The SMILES string of the molecule is c1ccc(C2(c3ccccc3)c3ccccc3-c3c(-c4nc(-c5ccc(-c6cccc7c6oc6ccccc67)cc5)nc(-c5cccc6c5sc5ccccc56)n4)cccc32)cc1. The predicted octanol–water partition coefficient (Wildman–Crippen LogP) is 15.2. The van der Waals surface area contributed by atoms with E-state index in [0.29, 0.717) is 17.5 Å². The summed E-state index contributed by atoms with van der Waals surface area (Å²) in [5, 5.41) is 4.66. The number of benzene rings is 9. The number of thiophene rings is 1. The number of hydrogen-bond donors (Lipinski definition) is 0. The van der Waals surface area contributed by atoms with Crippen molar-refractivity contribution in [1.29, 1.82) is 0 Å². The molecule has 12 aromatic rings. The van der Waals surface area contributed by atoms with Crippen LogP contribution < -0.4 is 0 Å². The fraction of sp³-hybridized carbons (Fsp3) is 0.0172. The highest BCUT2D eigenvalue weighted by Gasteiger charge is 2.47. The van der Waals surface area contributed by atoms with Crippen molar-refractivity contribution in [2.24, 2.45) is 0 Å². The molecular weight excluding hydrogens is 787 g/mol. The lowest BCUT2D eigenvalue weighted by atomic mass is 9.67. The van der Waals surface area contributed by atoms with Gasteiger partial charge in [-0.05, 0) is 57.1 Å². The smallest absolute Gasteiger partial charge is 0.165 e. The predicted molar refractivity (Wildman–Crippen MR) is 259 cm³/mol. The van der Waals surface area contributed by atoms with E-state index in [4.69, 9.17) is 19.4 Å². The van der Waals surface area contributed by atoms with Gasteiger partial charge in [0.15, 0.2) is 17.5 Å². The van der Waals surface area contributed by atoms with Crippen LogP contribution in [-0.4, -0.2) is 15.0 Å². The Balaban J connectivity index is 1.04. The summed E-state index contributed by atoms with van der Waals surface area (Å²) in [4.78, 5) is 16.2. The number of hydrogen-bond acceptors (Lipinski definition) is 5. The molecule has 294 valence electrons. The second-order valence-corrected chi connectivity index (χ2v) is 17.3. The van der Waals surface area contributed by atoms with Crippen LogP contribution in [0, 0.1) is 0 Å². The van der Waals surface area contributed by atoms with Crippen molar-refractivity contribution in [3.05, 3.63) is 235 Å². The van der Waals surface area contributed by atoms with Crippen LogP contribution in [0.4, 0.5) is 0 Å². The zero-order valence-corrected chi connectivity index (χ0v) is 34.7. The van der Waals surface area contributed by atoms with E-state index in [9.17, 15) is 0 Å². The van der Waals surface area contributed by atoms with E-state index in [2.05, 4.69) is 200 Å². The minimum Gasteiger partial charge on any atom is -0.455 e. The summed E-state index contributed by atoms with van der Waals surface area (Å²) in [6.07, 6.45) is 0. The molecule has 1 aliphatic carbocycles. The quantitative estimate of drug-likeness (QED) is 0.168. The van der Waals surface area contributed by atoms with Gasteiger partial charge in [0.2, 0.25) is 0 Å². The second kappa shape index (κ2) is 14.0. The molecule has 13 rings (SSSR count). The van der Waals surface area contributed by atoms with E-state index in [0.717, 1.165) is 60.0 Å². The third-order valence-corrected chi connectivity index (χ3v) is 14.1. The van der Waals surface area contributed by atoms with E-state index in [1.165, 1.54) is 43.3 Å². The van der Waals surface area contributed by atoms with Gasteiger partial charge < -0.3 is 4.42 Å². The first-order chi connectivity index (χ1) is 31.2. The Bertz CT molecular complexity index is 3700. The highest BCUT2D eigenvalue weighted by Crippen LogP contribution is 2.58. The van der Waals surface area contributed by atoms with E-state index in [-0.39, 0.29) is 0 Å². The molecule has 0 atom stereocenters. The Kier molecular flexibility index (Phi) is 7.96. The van der Waals surface area contributed by atoms with Crippen molar-refractivity contribution in [3.63, 3.8) is 0 Å². The van der Waals surface area contributed by atoms with Crippen molar-refractivity contribution >= 4 is 53.4 Å². The Morgan fingerprint density at radius 1 is 0.365 bits per heavy atom. The Hall–Kier alpha value is -7.99. The van der Waals surface area contributed by atoms with Crippen LogP contribution in [0.25, 0.3) is 98.5 Å². The van der Waals surface area contributed by atoms with Crippen molar-refractivity contribution < 1.29 is 4.42 Å². The summed E-state index contributed by atoms with van der Waals surface area (Å²) >= 11 is 1.78. The summed E-state index contributed by atoms with van der Waals surface area (Å²) in [7, 11) is 0. The van der Waals surface area contributed by atoms with E-state index in [1.54, 1.807) is 11.3 Å². The molecule has 0 fully saturated rings. The van der Waals surface area contributed by atoms with Crippen LogP contribution in [0.1, 0.15) is 22.3 Å². The zero-order chi connectivity index (χ0) is 41.5. The van der Waals surface area contributed by atoms with Crippen LogP contribution in [-0.2, 0) is 5.41 Å².